The molecule has 1 aromatic heterocycles. The molecule has 6 nitrogen and oxygen atoms in total. The van der Waals surface area contributed by atoms with Crippen molar-refractivity contribution in [3.63, 3.8) is 0 Å². The van der Waals surface area contributed by atoms with E-state index in [0.29, 0.717) is 0 Å². The number of rotatable bonds is 7. The number of thiol groups is 1. The van der Waals surface area contributed by atoms with Crippen molar-refractivity contribution in [1.82, 2.24) is 3.97 Å². The van der Waals surface area contributed by atoms with E-state index in [2.05, 4.69) is 24.3 Å². The summed E-state index contributed by atoms with van der Waals surface area (Å²) in [6.07, 6.45) is -9.49. The third kappa shape index (κ3) is 7.79. The van der Waals surface area contributed by atoms with E-state index >= 15 is 0 Å². The average Bonchev–Trinajstić information content (AvgIpc) is 2.88. The van der Waals surface area contributed by atoms with Crippen LogP contribution in [0.5, 0.6) is 0 Å². The molecule has 1 rings (SSSR count). The Labute approximate surface area is 154 Å². The number of ether oxygens (including phenoxy) is 1. The maximum absolute atomic E-state index is 12.2. The summed E-state index contributed by atoms with van der Waals surface area (Å²) >= 11 is 4.12. The van der Waals surface area contributed by atoms with Crippen LogP contribution in [0.1, 0.15) is 19.8 Å². The van der Waals surface area contributed by atoms with E-state index in [9.17, 15) is 48.1 Å². The molecule has 1 aromatic rings. The number of imidazole rings is 1. The molecule has 0 bridgehead atoms. The van der Waals surface area contributed by atoms with Crippen molar-refractivity contribution in [1.29, 1.82) is 0 Å². The molecule has 0 spiro atoms. The number of aryl methyl sites for hydroxylation is 1. The summed E-state index contributed by atoms with van der Waals surface area (Å²) in [6.45, 7) is 3.29. The van der Waals surface area contributed by atoms with Crippen LogP contribution >= 0.6 is 12.8 Å². The molecule has 16 heteroatoms. The lowest BCUT2D eigenvalue weighted by atomic mass is 10.3. The van der Waals surface area contributed by atoms with E-state index in [1.54, 1.807) is 3.97 Å². The van der Waals surface area contributed by atoms with Gasteiger partial charge in [0.15, 0.2) is 10.1 Å². The van der Waals surface area contributed by atoms with E-state index in [0.717, 1.165) is 6.54 Å². The van der Waals surface area contributed by atoms with Crippen molar-refractivity contribution in [3.05, 3.63) is 18.7 Å². The summed E-state index contributed by atoms with van der Waals surface area (Å²) in [5, 5.41) is -6.08. The molecule has 0 radical (unpaired) electrons. The van der Waals surface area contributed by atoms with Gasteiger partial charge < -0.3 is 4.55 Å². The maximum atomic E-state index is 12.2. The van der Waals surface area contributed by atoms with Crippen molar-refractivity contribution in [3.8, 4) is 0 Å². The first kappa shape index (κ1) is 25.9. The zero-order valence-electron chi connectivity index (χ0n) is 13.3. The van der Waals surface area contributed by atoms with Crippen LogP contribution in [0.15, 0.2) is 18.7 Å². The highest BCUT2D eigenvalue weighted by molar-refractivity contribution is 7.86. The minimum absolute atomic E-state index is 1.10. The lowest BCUT2D eigenvalue weighted by Crippen LogP contribution is -2.48. The van der Waals surface area contributed by atoms with Crippen LogP contribution in [0.4, 0.5) is 35.1 Å². The quantitative estimate of drug-likeness (QED) is 0.298. The Kier molecular flexibility index (Phi) is 8.99. The number of hydrogen-bond acceptors (Lipinski definition) is 5. The number of alkyl halides is 8. The standard InChI is InChI=1S/C7H13N2S.C4H2F8O4S/c1-2-3-4-8-5-6-9(10)7-8;5-1(2(6,7)17(13,14)15)16-4(11,12)3(8,9)10/h5-7,10H,2-4H2,1H3;1H,(H,13,14,15)/q+1;/p-1. The second-order valence-corrected chi connectivity index (χ2v) is 6.76. The number of nitrogens with zero attached hydrogens (tertiary/aromatic N) is 2. The van der Waals surface area contributed by atoms with Gasteiger partial charge in [-0.15, -0.1) is 0 Å². The predicted molar refractivity (Wildman–Crippen MR) is 75.5 cm³/mol. The highest BCUT2D eigenvalue weighted by Crippen LogP contribution is 2.40. The summed E-state index contributed by atoms with van der Waals surface area (Å²) in [5.41, 5.74) is 0. The molecule has 0 aliphatic rings. The normalized spacial score (nSPS) is 14.5. The first-order chi connectivity index (χ1) is 12.0. The van der Waals surface area contributed by atoms with Crippen LogP contribution in [0.3, 0.4) is 0 Å². The molecule has 0 fully saturated rings. The largest absolute Gasteiger partial charge is 0.743 e. The SMILES string of the molecule is CCCC[n+]1ccn(S)c1.O=S(=O)([O-])C(F)(F)C(F)OC(F)(F)C(F)(F)F. The van der Waals surface area contributed by atoms with Gasteiger partial charge in [0.05, 0.1) is 6.54 Å². The minimum Gasteiger partial charge on any atom is -0.743 e. The summed E-state index contributed by atoms with van der Waals surface area (Å²) < 4.78 is 129. The lowest BCUT2D eigenvalue weighted by Gasteiger charge is -2.27. The molecule has 0 saturated heterocycles. The number of hydrogen-bond donors (Lipinski definition) is 1. The summed E-state index contributed by atoms with van der Waals surface area (Å²) in [5.74, 6) is 0. The molecule has 0 aromatic carbocycles. The fourth-order valence-electron chi connectivity index (χ4n) is 1.23. The number of halogens is 8. The highest BCUT2D eigenvalue weighted by Gasteiger charge is 2.64. The molecular weight excluding hydrogens is 440 g/mol. The van der Waals surface area contributed by atoms with Crippen molar-refractivity contribution in [2.75, 3.05) is 0 Å². The average molecular weight is 454 g/mol. The molecule has 1 atom stereocenters. The summed E-state index contributed by atoms with van der Waals surface area (Å²) in [6, 6.07) is 0. The van der Waals surface area contributed by atoms with Gasteiger partial charge in [0, 0.05) is 12.8 Å². The molecule has 0 aliphatic heterocycles. The van der Waals surface area contributed by atoms with Gasteiger partial charge >= 0.3 is 17.5 Å². The Balaban J connectivity index is 0.000000569. The molecular formula is C11H14F8N2O4S2. The van der Waals surface area contributed by atoms with Crippen LogP contribution in [-0.4, -0.2) is 40.8 Å². The summed E-state index contributed by atoms with van der Waals surface area (Å²) in [4.78, 5) is 0. The zero-order chi connectivity index (χ0) is 21.7. The van der Waals surface area contributed by atoms with Crippen LogP contribution in [0, 0.1) is 0 Å². The van der Waals surface area contributed by atoms with Gasteiger partial charge in [0.2, 0.25) is 0 Å². The fraction of sp³-hybridized carbons (Fsp3) is 0.727. The Morgan fingerprint density at radius 1 is 1.22 bits per heavy atom. The van der Waals surface area contributed by atoms with Gasteiger partial charge in [-0.1, -0.05) is 13.3 Å². The zero-order valence-corrected chi connectivity index (χ0v) is 15.0. The van der Waals surface area contributed by atoms with E-state index in [1.807, 2.05) is 23.5 Å². The molecule has 160 valence electrons. The first-order valence-corrected chi connectivity index (χ1v) is 8.62. The molecule has 0 N–H and O–H groups in total. The monoisotopic (exact) mass is 454 g/mol. The highest BCUT2D eigenvalue weighted by atomic mass is 32.2. The number of unbranched alkanes of at least 4 members (excludes halogenated alkanes) is 1. The van der Waals surface area contributed by atoms with Gasteiger partial charge in [-0.05, 0) is 6.42 Å². The smallest absolute Gasteiger partial charge is 0.483 e. The van der Waals surface area contributed by atoms with Crippen LogP contribution in [-0.2, 0) is 21.4 Å². The lowest BCUT2D eigenvalue weighted by molar-refractivity contribution is -0.696. The third-order valence-electron chi connectivity index (χ3n) is 2.63. The van der Waals surface area contributed by atoms with Crippen molar-refractivity contribution in [2.24, 2.45) is 0 Å². The Bertz CT molecular complexity index is 693. The van der Waals surface area contributed by atoms with Crippen molar-refractivity contribution in [2.45, 2.75) is 50.2 Å². The van der Waals surface area contributed by atoms with Gasteiger partial charge in [-0.2, -0.15) is 34.7 Å². The van der Waals surface area contributed by atoms with Crippen LogP contribution in [0.2, 0.25) is 0 Å². The second-order valence-electron chi connectivity index (χ2n) is 4.85. The molecule has 0 amide bonds. The molecule has 1 heterocycles. The predicted octanol–water partition coefficient (Wildman–Crippen LogP) is 2.86. The molecule has 1 unspecified atom stereocenters. The third-order valence-corrected chi connectivity index (χ3v) is 3.71. The molecule has 27 heavy (non-hydrogen) atoms. The van der Waals surface area contributed by atoms with Crippen LogP contribution < -0.4 is 4.57 Å². The van der Waals surface area contributed by atoms with Gasteiger partial charge in [-0.3, -0.25) is 4.74 Å². The van der Waals surface area contributed by atoms with Crippen molar-refractivity contribution < 1.29 is 57.4 Å². The first-order valence-electron chi connectivity index (χ1n) is 6.81. The summed E-state index contributed by atoms with van der Waals surface area (Å²) in [7, 11) is -6.80. The van der Waals surface area contributed by atoms with Gasteiger partial charge in [0.25, 0.3) is 12.7 Å². The topological polar surface area (TPSA) is 75.2 Å². The van der Waals surface area contributed by atoms with E-state index in [1.165, 1.54) is 12.8 Å². The van der Waals surface area contributed by atoms with Crippen LogP contribution in [0.25, 0.3) is 0 Å². The Hall–Kier alpha value is -1.13. The van der Waals surface area contributed by atoms with Gasteiger partial charge in [-0.25, -0.2) is 17.4 Å². The molecule has 0 aliphatic carbocycles. The maximum Gasteiger partial charge on any atom is 0.483 e. The number of aromatic nitrogens is 2. The second kappa shape index (κ2) is 9.38. The van der Waals surface area contributed by atoms with E-state index < -0.39 is 34.0 Å². The van der Waals surface area contributed by atoms with E-state index in [4.69, 9.17) is 0 Å². The van der Waals surface area contributed by atoms with E-state index in [-0.39, 0.29) is 0 Å². The van der Waals surface area contributed by atoms with Crippen molar-refractivity contribution >= 4 is 22.9 Å². The fourth-order valence-corrected chi connectivity index (χ4v) is 1.70. The Morgan fingerprint density at radius 3 is 2.07 bits per heavy atom. The Morgan fingerprint density at radius 2 is 1.74 bits per heavy atom. The minimum atomic E-state index is -6.80. The van der Waals surface area contributed by atoms with Gasteiger partial charge in [0.1, 0.15) is 12.4 Å². The molecule has 0 saturated carbocycles.